The van der Waals surface area contributed by atoms with Gasteiger partial charge >= 0.3 is 6.09 Å². The fourth-order valence-corrected chi connectivity index (χ4v) is 3.76. The SMILES string of the molecule is O=Cc1cc(C=CCCNC(=O)OCC2c3ccccc3-c3ccccc32)ncc1F. The molecule has 0 saturated carbocycles. The van der Waals surface area contributed by atoms with Gasteiger partial charge in [0.05, 0.1) is 17.5 Å². The Bertz CT molecular complexity index is 1100. The molecule has 4 rings (SSSR count). The van der Waals surface area contributed by atoms with E-state index in [2.05, 4.69) is 34.6 Å². The van der Waals surface area contributed by atoms with Gasteiger partial charge in [0.2, 0.25) is 0 Å². The number of pyridine rings is 1. The molecule has 1 aromatic heterocycles. The van der Waals surface area contributed by atoms with Crippen molar-refractivity contribution in [2.24, 2.45) is 0 Å². The van der Waals surface area contributed by atoms with Gasteiger partial charge in [-0.05, 0) is 40.8 Å². The molecule has 1 amide bonds. The van der Waals surface area contributed by atoms with Crippen LogP contribution >= 0.6 is 0 Å². The van der Waals surface area contributed by atoms with Gasteiger partial charge in [0.15, 0.2) is 12.1 Å². The molecule has 3 aromatic rings. The zero-order valence-electron chi connectivity index (χ0n) is 16.8. The average Bonchev–Trinajstić information content (AvgIpc) is 3.12. The lowest BCUT2D eigenvalue weighted by molar-refractivity contribution is 0.111. The number of hydrogen-bond donors (Lipinski definition) is 1. The van der Waals surface area contributed by atoms with E-state index in [-0.39, 0.29) is 18.1 Å². The van der Waals surface area contributed by atoms with Crippen molar-refractivity contribution < 1.29 is 18.7 Å². The lowest BCUT2D eigenvalue weighted by Crippen LogP contribution is -2.26. The summed E-state index contributed by atoms with van der Waals surface area (Å²) in [4.78, 5) is 26.8. The van der Waals surface area contributed by atoms with E-state index in [1.807, 2.05) is 24.3 Å². The van der Waals surface area contributed by atoms with Gasteiger partial charge in [-0.15, -0.1) is 0 Å². The van der Waals surface area contributed by atoms with Crippen molar-refractivity contribution in [3.05, 3.63) is 95.1 Å². The van der Waals surface area contributed by atoms with Gasteiger partial charge in [-0.3, -0.25) is 9.78 Å². The quantitative estimate of drug-likeness (QED) is 0.436. The average molecular weight is 416 g/mol. The van der Waals surface area contributed by atoms with Crippen LogP contribution in [0.5, 0.6) is 0 Å². The lowest BCUT2D eigenvalue weighted by atomic mass is 9.98. The number of fused-ring (bicyclic) bond motifs is 3. The highest BCUT2D eigenvalue weighted by atomic mass is 19.1. The van der Waals surface area contributed by atoms with Gasteiger partial charge in [0, 0.05) is 12.5 Å². The largest absolute Gasteiger partial charge is 0.449 e. The predicted octanol–water partition coefficient (Wildman–Crippen LogP) is 4.98. The Morgan fingerprint density at radius 3 is 2.45 bits per heavy atom. The molecule has 0 spiro atoms. The highest BCUT2D eigenvalue weighted by Gasteiger charge is 2.28. The highest BCUT2D eigenvalue weighted by molar-refractivity contribution is 5.79. The topological polar surface area (TPSA) is 68.3 Å². The standard InChI is InChI=1S/C25H21FN2O3/c26-24-14-28-18(13-17(24)15-29)7-5-6-12-27-25(30)31-16-23-21-10-3-1-8-19(21)20-9-2-4-11-22(20)23/h1-5,7-11,13-15,23H,6,12,16H2,(H,27,30). The van der Waals surface area contributed by atoms with Crippen LogP contribution in [0, 0.1) is 5.82 Å². The fraction of sp³-hybridized carbons (Fsp3) is 0.160. The minimum atomic E-state index is -0.649. The number of aromatic nitrogens is 1. The molecule has 2 aromatic carbocycles. The first-order valence-electron chi connectivity index (χ1n) is 10.0. The van der Waals surface area contributed by atoms with Crippen LogP contribution in [0.4, 0.5) is 9.18 Å². The fourth-order valence-electron chi connectivity index (χ4n) is 3.76. The third-order valence-electron chi connectivity index (χ3n) is 5.25. The Morgan fingerprint density at radius 1 is 1.10 bits per heavy atom. The zero-order chi connectivity index (χ0) is 21.6. The molecule has 1 heterocycles. The number of amides is 1. The lowest BCUT2D eigenvalue weighted by Gasteiger charge is -2.14. The van der Waals surface area contributed by atoms with E-state index < -0.39 is 11.9 Å². The molecule has 6 heteroatoms. The van der Waals surface area contributed by atoms with Gasteiger partial charge < -0.3 is 10.1 Å². The van der Waals surface area contributed by atoms with Crippen molar-refractivity contribution in [3.63, 3.8) is 0 Å². The second-order valence-corrected chi connectivity index (χ2v) is 7.19. The van der Waals surface area contributed by atoms with Crippen molar-refractivity contribution in [1.29, 1.82) is 0 Å². The number of nitrogens with zero attached hydrogens (tertiary/aromatic N) is 1. The van der Waals surface area contributed by atoms with Gasteiger partial charge in [0.1, 0.15) is 6.61 Å². The van der Waals surface area contributed by atoms with Crippen LogP contribution in [-0.2, 0) is 4.74 Å². The van der Waals surface area contributed by atoms with Gasteiger partial charge in [-0.2, -0.15) is 0 Å². The van der Waals surface area contributed by atoms with Crippen LogP contribution in [0.2, 0.25) is 0 Å². The van der Waals surface area contributed by atoms with Crippen molar-refractivity contribution in [2.45, 2.75) is 12.3 Å². The zero-order valence-corrected chi connectivity index (χ0v) is 16.8. The van der Waals surface area contributed by atoms with Crippen LogP contribution in [0.25, 0.3) is 17.2 Å². The third kappa shape index (κ3) is 4.53. The number of benzene rings is 2. The number of hydrogen-bond acceptors (Lipinski definition) is 4. The normalized spacial score (nSPS) is 12.4. The number of carbonyl (C=O) groups is 2. The molecule has 156 valence electrons. The Morgan fingerprint density at radius 2 is 1.77 bits per heavy atom. The first-order chi connectivity index (χ1) is 15.2. The summed E-state index contributed by atoms with van der Waals surface area (Å²) in [7, 11) is 0. The summed E-state index contributed by atoms with van der Waals surface area (Å²) in [5, 5.41) is 2.72. The van der Waals surface area contributed by atoms with Crippen LogP contribution in [0.3, 0.4) is 0 Å². The number of carbonyl (C=O) groups excluding carboxylic acids is 2. The van der Waals surface area contributed by atoms with Crippen molar-refractivity contribution in [1.82, 2.24) is 10.3 Å². The summed E-state index contributed by atoms with van der Waals surface area (Å²) in [6, 6.07) is 17.7. The van der Waals surface area contributed by atoms with Crippen molar-refractivity contribution >= 4 is 18.5 Å². The number of halogens is 1. The third-order valence-corrected chi connectivity index (χ3v) is 5.25. The Hall–Kier alpha value is -3.80. The molecule has 1 N–H and O–H groups in total. The number of alkyl carbamates (subject to hydrolysis) is 1. The molecule has 5 nitrogen and oxygen atoms in total. The minimum absolute atomic E-state index is 0.0228. The first kappa shape index (κ1) is 20.5. The number of ether oxygens (including phenoxy) is 1. The van der Waals surface area contributed by atoms with E-state index in [1.165, 1.54) is 28.3 Å². The van der Waals surface area contributed by atoms with Crippen LogP contribution in [0.15, 0.2) is 66.9 Å². The summed E-state index contributed by atoms with van der Waals surface area (Å²) in [5.41, 5.74) is 5.15. The molecule has 0 aliphatic heterocycles. The maximum Gasteiger partial charge on any atom is 0.407 e. The van der Waals surface area contributed by atoms with Crippen LogP contribution in [-0.4, -0.2) is 30.5 Å². The molecular formula is C25H21FN2O3. The van der Waals surface area contributed by atoms with Crippen molar-refractivity contribution in [3.8, 4) is 11.1 Å². The summed E-state index contributed by atoms with van der Waals surface area (Å²) in [6.07, 6.45) is 4.99. The summed E-state index contributed by atoms with van der Waals surface area (Å²) >= 11 is 0. The Kier molecular flexibility index (Phi) is 6.17. The first-order valence-corrected chi connectivity index (χ1v) is 10.0. The van der Waals surface area contributed by atoms with E-state index in [0.29, 0.717) is 24.9 Å². The molecule has 0 atom stereocenters. The number of nitrogens with one attached hydrogen (secondary N) is 1. The summed E-state index contributed by atoms with van der Waals surface area (Å²) in [5.74, 6) is -0.626. The van der Waals surface area contributed by atoms with Crippen LogP contribution in [0.1, 0.15) is 39.5 Å². The molecule has 1 aliphatic carbocycles. The van der Waals surface area contributed by atoms with E-state index in [4.69, 9.17) is 4.74 Å². The Balaban J connectivity index is 1.27. The monoisotopic (exact) mass is 416 g/mol. The van der Waals surface area contributed by atoms with E-state index in [1.54, 1.807) is 12.2 Å². The summed E-state index contributed by atoms with van der Waals surface area (Å²) < 4.78 is 18.8. The molecule has 0 unspecified atom stereocenters. The number of aldehydes is 1. The molecule has 31 heavy (non-hydrogen) atoms. The van der Waals surface area contributed by atoms with Crippen LogP contribution < -0.4 is 5.32 Å². The van der Waals surface area contributed by atoms with Gasteiger partial charge in [-0.25, -0.2) is 9.18 Å². The molecule has 0 fully saturated rings. The smallest absolute Gasteiger partial charge is 0.407 e. The van der Waals surface area contributed by atoms with E-state index in [0.717, 1.165) is 6.20 Å². The Labute approximate surface area is 179 Å². The minimum Gasteiger partial charge on any atom is -0.449 e. The summed E-state index contributed by atoms with van der Waals surface area (Å²) in [6.45, 7) is 0.651. The molecule has 1 aliphatic rings. The predicted molar refractivity (Wildman–Crippen MR) is 116 cm³/mol. The maximum atomic E-state index is 13.3. The molecule has 0 bridgehead atoms. The van der Waals surface area contributed by atoms with E-state index >= 15 is 0 Å². The number of rotatable bonds is 7. The molecule has 0 radical (unpaired) electrons. The van der Waals surface area contributed by atoms with Crippen molar-refractivity contribution in [2.75, 3.05) is 13.2 Å². The van der Waals surface area contributed by atoms with Gasteiger partial charge in [-0.1, -0.05) is 54.6 Å². The second-order valence-electron chi connectivity index (χ2n) is 7.19. The second kappa shape index (κ2) is 9.34. The maximum absolute atomic E-state index is 13.3. The highest BCUT2D eigenvalue weighted by Crippen LogP contribution is 2.44. The molecular weight excluding hydrogens is 395 g/mol. The molecule has 0 saturated heterocycles. The van der Waals surface area contributed by atoms with Gasteiger partial charge in [0.25, 0.3) is 0 Å². The van der Waals surface area contributed by atoms with E-state index in [9.17, 15) is 14.0 Å².